The van der Waals surface area contributed by atoms with E-state index in [1.165, 1.54) is 12.4 Å². The third-order valence-electron chi connectivity index (χ3n) is 7.25. The largest absolute Gasteiger partial charge is 0.454 e. The molecule has 186 valence electrons. The molecular weight excluding hydrogens is 477 g/mol. The summed E-state index contributed by atoms with van der Waals surface area (Å²) in [5.74, 6) is 1.47. The van der Waals surface area contributed by atoms with Crippen LogP contribution in [0.1, 0.15) is 44.1 Å². The summed E-state index contributed by atoms with van der Waals surface area (Å²) in [4.78, 5) is 27.0. The number of nitrogens with two attached hydrogens (primary N) is 1. The van der Waals surface area contributed by atoms with Gasteiger partial charge in [0.1, 0.15) is 40.9 Å². The highest BCUT2D eigenvalue weighted by Crippen LogP contribution is 2.40. The summed E-state index contributed by atoms with van der Waals surface area (Å²) < 4.78 is 29.0. The van der Waals surface area contributed by atoms with Crippen LogP contribution in [0.2, 0.25) is 0 Å². The Labute approximate surface area is 209 Å². The first-order chi connectivity index (χ1) is 18.0. The standard InChI is InChI=1S/C26H22FN7O3/c1-13(24-31-17-7-3-6-16(27)20(17)26(35)33(24)15-4-2-5-15)34-25-21(23(28)29-11-30-25)22(32-34)14-8-9-18-19(10-14)37-12-36-18/h3,6-11,13,15H,2,4-5,12H2,1H3,(H2,28,29,30). The van der Waals surface area contributed by atoms with Crippen LogP contribution in [-0.2, 0) is 0 Å². The van der Waals surface area contributed by atoms with E-state index in [4.69, 9.17) is 25.3 Å². The van der Waals surface area contributed by atoms with Crippen LogP contribution in [0.5, 0.6) is 11.5 Å². The fraction of sp³-hybridized carbons (Fsp3) is 0.269. The van der Waals surface area contributed by atoms with E-state index in [1.807, 2.05) is 25.1 Å². The van der Waals surface area contributed by atoms with E-state index in [2.05, 4.69) is 9.97 Å². The Balaban J connectivity index is 1.46. The van der Waals surface area contributed by atoms with Crippen molar-refractivity contribution in [1.82, 2.24) is 29.3 Å². The molecule has 1 atom stereocenters. The van der Waals surface area contributed by atoms with Crippen molar-refractivity contribution in [1.29, 1.82) is 0 Å². The number of fused-ring (bicyclic) bond motifs is 3. The molecule has 2 aliphatic rings. The first kappa shape index (κ1) is 21.7. The highest BCUT2D eigenvalue weighted by molar-refractivity contribution is 5.98. The first-order valence-corrected chi connectivity index (χ1v) is 12.1. The predicted octanol–water partition coefficient (Wildman–Crippen LogP) is 3.99. The molecule has 1 saturated carbocycles. The molecular formula is C26H22FN7O3. The van der Waals surface area contributed by atoms with Crippen molar-refractivity contribution in [2.24, 2.45) is 0 Å². The summed E-state index contributed by atoms with van der Waals surface area (Å²) in [5, 5.41) is 5.49. The van der Waals surface area contributed by atoms with E-state index < -0.39 is 11.9 Å². The van der Waals surface area contributed by atoms with E-state index in [1.54, 1.807) is 21.4 Å². The molecule has 4 heterocycles. The van der Waals surface area contributed by atoms with Gasteiger partial charge >= 0.3 is 0 Å². The van der Waals surface area contributed by atoms with Crippen LogP contribution >= 0.6 is 0 Å². The third-order valence-corrected chi connectivity index (χ3v) is 7.25. The average molecular weight is 500 g/mol. The van der Waals surface area contributed by atoms with Crippen molar-refractivity contribution < 1.29 is 13.9 Å². The second kappa shape index (κ2) is 7.99. The van der Waals surface area contributed by atoms with Crippen molar-refractivity contribution in [2.75, 3.05) is 12.5 Å². The highest BCUT2D eigenvalue weighted by atomic mass is 19.1. The van der Waals surface area contributed by atoms with Crippen LogP contribution in [0.3, 0.4) is 0 Å². The number of rotatable bonds is 4. The molecule has 1 aliphatic carbocycles. The SMILES string of the molecule is CC(c1nc2cccc(F)c2c(=O)n1C1CCC1)n1nc(-c2ccc3c(c2)OCO3)c2c(N)ncnc21. The monoisotopic (exact) mass is 499 g/mol. The summed E-state index contributed by atoms with van der Waals surface area (Å²) in [6.07, 6.45) is 4.05. The topological polar surface area (TPSA) is 123 Å². The van der Waals surface area contributed by atoms with E-state index in [-0.39, 0.29) is 29.6 Å². The molecule has 11 heteroatoms. The number of benzene rings is 2. The number of hydrogen-bond donors (Lipinski definition) is 1. The van der Waals surface area contributed by atoms with E-state index in [9.17, 15) is 9.18 Å². The molecule has 1 fully saturated rings. The molecule has 2 N–H and O–H groups in total. The zero-order chi connectivity index (χ0) is 25.3. The quantitative estimate of drug-likeness (QED) is 0.394. The lowest BCUT2D eigenvalue weighted by Crippen LogP contribution is -2.35. The predicted molar refractivity (Wildman–Crippen MR) is 134 cm³/mol. The Morgan fingerprint density at radius 2 is 1.95 bits per heavy atom. The van der Waals surface area contributed by atoms with Gasteiger partial charge < -0.3 is 15.2 Å². The normalized spacial score (nSPS) is 15.8. The Kier molecular flexibility index (Phi) is 4.69. The molecule has 3 aromatic heterocycles. The summed E-state index contributed by atoms with van der Waals surface area (Å²) in [5.41, 5.74) is 8.07. The molecule has 0 radical (unpaired) electrons. The lowest BCUT2D eigenvalue weighted by atomic mass is 9.92. The summed E-state index contributed by atoms with van der Waals surface area (Å²) in [7, 11) is 0. The fourth-order valence-corrected chi connectivity index (χ4v) is 5.13. The van der Waals surface area contributed by atoms with Crippen LogP contribution in [0.4, 0.5) is 10.2 Å². The maximum absolute atomic E-state index is 14.7. The van der Waals surface area contributed by atoms with Gasteiger partial charge in [-0.2, -0.15) is 5.10 Å². The van der Waals surface area contributed by atoms with Crippen molar-refractivity contribution >= 4 is 27.8 Å². The molecule has 2 aromatic carbocycles. The van der Waals surface area contributed by atoms with Crippen LogP contribution in [0.15, 0.2) is 47.5 Å². The number of aromatic nitrogens is 6. The number of halogens is 1. The number of nitrogen functional groups attached to an aromatic ring is 1. The number of anilines is 1. The Morgan fingerprint density at radius 1 is 1.11 bits per heavy atom. The fourth-order valence-electron chi connectivity index (χ4n) is 5.13. The summed E-state index contributed by atoms with van der Waals surface area (Å²) in [6, 6.07) is 9.47. The lowest BCUT2D eigenvalue weighted by Gasteiger charge is -2.31. The Bertz CT molecular complexity index is 1780. The number of nitrogens with zero attached hydrogens (tertiary/aromatic N) is 6. The first-order valence-electron chi connectivity index (χ1n) is 12.1. The second-order valence-electron chi connectivity index (χ2n) is 9.36. The van der Waals surface area contributed by atoms with Crippen molar-refractivity contribution in [3.05, 3.63) is 64.7 Å². The molecule has 7 rings (SSSR count). The minimum absolute atomic E-state index is 0.00305. The van der Waals surface area contributed by atoms with Gasteiger partial charge in [0.15, 0.2) is 17.1 Å². The molecule has 0 bridgehead atoms. The molecule has 1 unspecified atom stereocenters. The molecule has 10 nitrogen and oxygen atoms in total. The molecule has 37 heavy (non-hydrogen) atoms. The lowest BCUT2D eigenvalue weighted by molar-refractivity contribution is 0.174. The maximum Gasteiger partial charge on any atom is 0.264 e. The third kappa shape index (κ3) is 3.19. The van der Waals surface area contributed by atoms with Gasteiger partial charge in [-0.3, -0.25) is 9.36 Å². The minimum Gasteiger partial charge on any atom is -0.454 e. The van der Waals surface area contributed by atoms with Crippen LogP contribution in [0.25, 0.3) is 33.2 Å². The molecule has 0 amide bonds. The van der Waals surface area contributed by atoms with Crippen LogP contribution in [-0.4, -0.2) is 36.1 Å². The summed E-state index contributed by atoms with van der Waals surface area (Å²) >= 11 is 0. The highest BCUT2D eigenvalue weighted by Gasteiger charge is 2.30. The van der Waals surface area contributed by atoms with Gasteiger partial charge in [0, 0.05) is 11.6 Å². The Hall–Kier alpha value is -4.54. The smallest absolute Gasteiger partial charge is 0.264 e. The van der Waals surface area contributed by atoms with Gasteiger partial charge in [-0.05, 0) is 56.5 Å². The average Bonchev–Trinajstić information content (AvgIpc) is 3.49. The molecule has 1 aliphatic heterocycles. The number of hydrogen-bond acceptors (Lipinski definition) is 8. The van der Waals surface area contributed by atoms with E-state index >= 15 is 0 Å². The molecule has 5 aromatic rings. The van der Waals surface area contributed by atoms with Crippen LogP contribution < -0.4 is 20.8 Å². The molecule has 0 spiro atoms. The van der Waals surface area contributed by atoms with Crippen molar-refractivity contribution in [3.63, 3.8) is 0 Å². The molecule has 0 saturated heterocycles. The van der Waals surface area contributed by atoms with Gasteiger partial charge in [-0.1, -0.05) is 6.07 Å². The van der Waals surface area contributed by atoms with Crippen molar-refractivity contribution in [2.45, 2.75) is 38.3 Å². The van der Waals surface area contributed by atoms with E-state index in [0.717, 1.165) is 24.8 Å². The zero-order valence-electron chi connectivity index (χ0n) is 19.9. The van der Waals surface area contributed by atoms with Gasteiger partial charge in [0.05, 0.1) is 10.9 Å². The van der Waals surface area contributed by atoms with Gasteiger partial charge in [-0.25, -0.2) is 24.0 Å². The van der Waals surface area contributed by atoms with Crippen LogP contribution in [0, 0.1) is 5.82 Å². The van der Waals surface area contributed by atoms with E-state index in [0.29, 0.717) is 39.6 Å². The van der Waals surface area contributed by atoms with Gasteiger partial charge in [-0.15, -0.1) is 0 Å². The summed E-state index contributed by atoms with van der Waals surface area (Å²) in [6.45, 7) is 2.05. The van der Waals surface area contributed by atoms with Gasteiger partial charge in [0.2, 0.25) is 6.79 Å². The second-order valence-corrected chi connectivity index (χ2v) is 9.36. The zero-order valence-corrected chi connectivity index (χ0v) is 19.9. The number of ether oxygens (including phenoxy) is 2. The Morgan fingerprint density at radius 3 is 2.76 bits per heavy atom. The van der Waals surface area contributed by atoms with Crippen molar-refractivity contribution in [3.8, 4) is 22.8 Å². The maximum atomic E-state index is 14.7. The minimum atomic E-state index is -0.572. The van der Waals surface area contributed by atoms with Gasteiger partial charge in [0.25, 0.3) is 5.56 Å².